The Labute approximate surface area is 111 Å². The molecule has 18 heavy (non-hydrogen) atoms. The Kier molecular flexibility index (Phi) is 2.84. The Bertz CT molecular complexity index is 604. The summed E-state index contributed by atoms with van der Waals surface area (Å²) in [5.74, 6) is 0.989. The zero-order valence-corrected chi connectivity index (χ0v) is 11.4. The summed E-state index contributed by atoms with van der Waals surface area (Å²) < 4.78 is 5.91. The molecular formula is C14H16N2OS. The molecule has 1 aliphatic rings. The van der Waals surface area contributed by atoms with Crippen molar-refractivity contribution in [1.29, 1.82) is 0 Å². The van der Waals surface area contributed by atoms with Crippen LogP contribution in [0.15, 0.2) is 12.1 Å². The number of nitrogens with zero attached hydrogens (tertiary/aromatic N) is 1. The summed E-state index contributed by atoms with van der Waals surface area (Å²) in [6, 6.07) is 4.25. The van der Waals surface area contributed by atoms with E-state index >= 15 is 0 Å². The lowest BCUT2D eigenvalue weighted by Gasteiger charge is -2.12. The highest BCUT2D eigenvalue weighted by molar-refractivity contribution is 7.12. The van der Waals surface area contributed by atoms with Crippen LogP contribution in [0.2, 0.25) is 0 Å². The van der Waals surface area contributed by atoms with Gasteiger partial charge in [0.15, 0.2) is 0 Å². The van der Waals surface area contributed by atoms with E-state index in [9.17, 15) is 0 Å². The highest BCUT2D eigenvalue weighted by atomic mass is 32.1. The number of benzene rings is 1. The van der Waals surface area contributed by atoms with E-state index in [1.54, 1.807) is 11.3 Å². The molecule has 2 N–H and O–H groups in total. The molecule has 1 aliphatic heterocycles. The van der Waals surface area contributed by atoms with Crippen LogP contribution in [-0.4, -0.2) is 11.6 Å². The van der Waals surface area contributed by atoms with E-state index in [-0.39, 0.29) is 0 Å². The third-order valence-electron chi connectivity index (χ3n) is 3.42. The van der Waals surface area contributed by atoms with E-state index in [4.69, 9.17) is 10.5 Å². The molecule has 0 saturated carbocycles. The molecule has 0 amide bonds. The first-order valence-corrected chi connectivity index (χ1v) is 6.94. The molecule has 1 aromatic heterocycles. The van der Waals surface area contributed by atoms with Crippen LogP contribution in [0, 0.1) is 13.8 Å². The molecule has 0 unspecified atom stereocenters. The third kappa shape index (κ3) is 1.72. The fourth-order valence-electron chi connectivity index (χ4n) is 2.28. The van der Waals surface area contributed by atoms with Crippen LogP contribution in [-0.2, 0) is 13.0 Å². The van der Waals surface area contributed by atoms with Crippen LogP contribution in [0.25, 0.3) is 11.3 Å². The van der Waals surface area contributed by atoms with Gasteiger partial charge in [0.2, 0.25) is 0 Å². The lowest BCUT2D eigenvalue weighted by molar-refractivity contribution is 0.325. The van der Waals surface area contributed by atoms with Gasteiger partial charge >= 0.3 is 0 Å². The molecule has 2 aromatic rings. The van der Waals surface area contributed by atoms with Gasteiger partial charge in [-0.1, -0.05) is 6.07 Å². The fourth-order valence-corrected chi connectivity index (χ4v) is 3.22. The van der Waals surface area contributed by atoms with E-state index < -0.39 is 0 Å². The van der Waals surface area contributed by atoms with Crippen molar-refractivity contribution in [2.24, 2.45) is 5.73 Å². The van der Waals surface area contributed by atoms with Gasteiger partial charge in [-0.15, -0.1) is 11.3 Å². The number of aryl methyl sites for hydroxylation is 1. The molecule has 0 bridgehead atoms. The van der Waals surface area contributed by atoms with E-state index in [2.05, 4.69) is 31.0 Å². The molecule has 3 nitrogen and oxygen atoms in total. The number of aromatic nitrogens is 1. The molecule has 0 spiro atoms. The number of rotatable bonds is 1. The quantitative estimate of drug-likeness (QED) is 0.857. The molecule has 3 rings (SSSR count). The molecule has 1 aromatic carbocycles. The normalized spacial score (nSPS) is 13.5. The second-order valence-electron chi connectivity index (χ2n) is 4.57. The second kappa shape index (κ2) is 4.37. The molecule has 0 atom stereocenters. The van der Waals surface area contributed by atoms with E-state index in [0.717, 1.165) is 35.0 Å². The lowest BCUT2D eigenvalue weighted by atomic mass is 10.0. The predicted octanol–water partition coefficient (Wildman–Crippen LogP) is 2.82. The standard InChI is InChI=1S/C14H16N2OS/c1-8-3-4-10-13-11(18-12(7-15)16-13)5-6-17-14(10)9(8)2/h3-4H,5-7,15H2,1-2H3. The van der Waals surface area contributed by atoms with Crippen molar-refractivity contribution in [2.45, 2.75) is 26.8 Å². The number of hydrogen-bond acceptors (Lipinski definition) is 4. The van der Waals surface area contributed by atoms with Crippen molar-refractivity contribution in [3.05, 3.63) is 33.1 Å². The van der Waals surface area contributed by atoms with Gasteiger partial charge in [0.05, 0.1) is 12.3 Å². The van der Waals surface area contributed by atoms with Crippen LogP contribution in [0.4, 0.5) is 0 Å². The van der Waals surface area contributed by atoms with Gasteiger partial charge in [-0.05, 0) is 31.0 Å². The summed E-state index contributed by atoms with van der Waals surface area (Å²) in [5.41, 5.74) is 10.3. The molecule has 2 heterocycles. The van der Waals surface area contributed by atoms with Crippen molar-refractivity contribution >= 4 is 11.3 Å². The molecule has 0 aliphatic carbocycles. The molecule has 0 fully saturated rings. The number of fused-ring (bicyclic) bond motifs is 3. The van der Waals surface area contributed by atoms with Crippen molar-refractivity contribution < 1.29 is 4.74 Å². The number of nitrogens with two attached hydrogens (primary N) is 1. The maximum absolute atomic E-state index is 5.91. The van der Waals surface area contributed by atoms with Crippen molar-refractivity contribution in [2.75, 3.05) is 6.61 Å². The van der Waals surface area contributed by atoms with Gasteiger partial charge in [0.1, 0.15) is 10.8 Å². The summed E-state index contributed by atoms with van der Waals surface area (Å²) in [5, 5.41) is 1.01. The Morgan fingerprint density at radius 2 is 2.22 bits per heavy atom. The first kappa shape index (κ1) is 11.7. The predicted molar refractivity (Wildman–Crippen MR) is 74.1 cm³/mol. The van der Waals surface area contributed by atoms with Gasteiger partial charge in [0.25, 0.3) is 0 Å². The highest BCUT2D eigenvalue weighted by Crippen LogP contribution is 2.40. The zero-order valence-electron chi connectivity index (χ0n) is 10.6. The Morgan fingerprint density at radius 3 is 3.00 bits per heavy atom. The third-order valence-corrected chi connectivity index (χ3v) is 4.56. The average molecular weight is 260 g/mol. The summed E-state index contributed by atoms with van der Waals surface area (Å²) in [7, 11) is 0. The second-order valence-corrected chi connectivity index (χ2v) is 5.73. The largest absolute Gasteiger partial charge is 0.492 e. The van der Waals surface area contributed by atoms with Crippen LogP contribution in [0.3, 0.4) is 0 Å². The fraction of sp³-hybridized carbons (Fsp3) is 0.357. The van der Waals surface area contributed by atoms with Crippen molar-refractivity contribution in [3.8, 4) is 17.0 Å². The molecular weight excluding hydrogens is 244 g/mol. The van der Waals surface area contributed by atoms with Crippen LogP contribution >= 0.6 is 11.3 Å². The Hall–Kier alpha value is -1.39. The topological polar surface area (TPSA) is 48.1 Å². The monoisotopic (exact) mass is 260 g/mol. The number of hydrogen-bond donors (Lipinski definition) is 1. The number of ether oxygens (including phenoxy) is 1. The van der Waals surface area contributed by atoms with Gasteiger partial charge in [0, 0.05) is 23.4 Å². The molecule has 94 valence electrons. The lowest BCUT2D eigenvalue weighted by Crippen LogP contribution is -2.00. The van der Waals surface area contributed by atoms with Gasteiger partial charge in [-0.2, -0.15) is 0 Å². The van der Waals surface area contributed by atoms with Crippen LogP contribution < -0.4 is 10.5 Å². The number of thiazole rings is 1. The molecule has 0 radical (unpaired) electrons. The zero-order chi connectivity index (χ0) is 12.7. The van der Waals surface area contributed by atoms with Gasteiger partial charge in [-0.25, -0.2) is 4.98 Å². The maximum atomic E-state index is 5.91. The maximum Gasteiger partial charge on any atom is 0.131 e. The van der Waals surface area contributed by atoms with Gasteiger partial charge in [-0.3, -0.25) is 0 Å². The average Bonchev–Trinajstić information content (AvgIpc) is 2.70. The van der Waals surface area contributed by atoms with E-state index in [0.29, 0.717) is 6.54 Å². The first-order valence-electron chi connectivity index (χ1n) is 6.12. The Balaban J connectivity index is 2.24. The molecule has 0 saturated heterocycles. The minimum atomic E-state index is 0.513. The minimum Gasteiger partial charge on any atom is -0.492 e. The van der Waals surface area contributed by atoms with Gasteiger partial charge < -0.3 is 10.5 Å². The smallest absolute Gasteiger partial charge is 0.131 e. The summed E-state index contributed by atoms with van der Waals surface area (Å²) >= 11 is 1.71. The summed E-state index contributed by atoms with van der Waals surface area (Å²) in [4.78, 5) is 5.94. The minimum absolute atomic E-state index is 0.513. The van der Waals surface area contributed by atoms with E-state index in [1.165, 1.54) is 16.0 Å². The van der Waals surface area contributed by atoms with Crippen molar-refractivity contribution in [1.82, 2.24) is 4.98 Å². The van der Waals surface area contributed by atoms with Crippen LogP contribution in [0.5, 0.6) is 5.75 Å². The van der Waals surface area contributed by atoms with Crippen molar-refractivity contribution in [3.63, 3.8) is 0 Å². The van der Waals surface area contributed by atoms with E-state index in [1.807, 2.05) is 0 Å². The first-order chi connectivity index (χ1) is 8.70. The molecule has 4 heteroatoms. The Morgan fingerprint density at radius 1 is 1.39 bits per heavy atom. The van der Waals surface area contributed by atoms with Crippen LogP contribution in [0.1, 0.15) is 21.0 Å². The SMILES string of the molecule is Cc1ccc2c(c1C)OCCc1sc(CN)nc1-2. The summed E-state index contributed by atoms with van der Waals surface area (Å²) in [6.45, 7) is 5.45. The highest BCUT2D eigenvalue weighted by Gasteiger charge is 2.21. The summed E-state index contributed by atoms with van der Waals surface area (Å²) in [6.07, 6.45) is 0.917.